The molecule has 1 spiro atoms. The van der Waals surface area contributed by atoms with Gasteiger partial charge in [-0.05, 0) is 24.5 Å². The first-order chi connectivity index (χ1) is 14.4. The summed E-state index contributed by atoms with van der Waals surface area (Å²) in [5, 5.41) is 3.50. The van der Waals surface area contributed by atoms with Gasteiger partial charge >= 0.3 is 0 Å². The average molecular weight is 458 g/mol. The Morgan fingerprint density at radius 1 is 1.13 bits per heavy atom. The van der Waals surface area contributed by atoms with Gasteiger partial charge < -0.3 is 14.8 Å². The predicted octanol–water partition coefficient (Wildman–Crippen LogP) is 1.75. The van der Waals surface area contributed by atoms with Crippen molar-refractivity contribution in [2.75, 3.05) is 39.4 Å². The van der Waals surface area contributed by atoms with Crippen LogP contribution in [-0.4, -0.2) is 68.1 Å². The van der Waals surface area contributed by atoms with Crippen LogP contribution in [0.1, 0.15) is 31.2 Å². The van der Waals surface area contributed by atoms with Gasteiger partial charge in [0, 0.05) is 50.6 Å². The first-order valence-corrected chi connectivity index (χ1v) is 12.2. The third kappa shape index (κ3) is 4.66. The number of nitrogens with zero attached hydrogens (tertiary/aromatic N) is 2. The van der Waals surface area contributed by atoms with Crippen LogP contribution in [-0.2, 0) is 31.0 Å². The molecule has 1 aromatic rings. The van der Waals surface area contributed by atoms with Crippen molar-refractivity contribution in [3.05, 3.63) is 34.9 Å². The van der Waals surface area contributed by atoms with E-state index in [2.05, 4.69) is 5.32 Å². The number of rotatable bonds is 5. The summed E-state index contributed by atoms with van der Waals surface area (Å²) in [4.78, 5) is 12.7. The molecule has 3 saturated heterocycles. The van der Waals surface area contributed by atoms with Crippen LogP contribution in [0, 0.1) is 5.92 Å². The summed E-state index contributed by atoms with van der Waals surface area (Å²) in [6.45, 7) is 2.81. The molecule has 1 amide bonds. The number of ether oxygens (including phenoxy) is 2. The summed E-state index contributed by atoms with van der Waals surface area (Å²) in [7, 11) is -3.62. The van der Waals surface area contributed by atoms with E-state index in [-0.39, 0.29) is 18.4 Å². The van der Waals surface area contributed by atoms with E-state index in [1.165, 1.54) is 8.61 Å². The maximum Gasteiger partial charge on any atom is 0.282 e. The maximum absolute atomic E-state index is 13.2. The Morgan fingerprint density at radius 3 is 2.53 bits per heavy atom. The van der Waals surface area contributed by atoms with E-state index < -0.39 is 16.0 Å². The molecular weight excluding hydrogens is 430 g/mol. The van der Waals surface area contributed by atoms with Crippen LogP contribution in [0.2, 0.25) is 5.02 Å². The van der Waals surface area contributed by atoms with E-state index in [1.54, 1.807) is 6.07 Å². The quantitative estimate of drug-likeness (QED) is 0.727. The van der Waals surface area contributed by atoms with Crippen LogP contribution in [0.5, 0.6) is 0 Å². The number of nitrogens with one attached hydrogen (secondary N) is 1. The standard InChI is InChI=1S/C20H28ClN3O5S/c21-18-6-2-1-4-16(18)14-22-19(25)17-5-3-9-24(15-17)30(26,27)23-10-7-20(8-11-23)28-12-13-29-20/h1-2,4,6,17H,3,5,7-15H2,(H,22,25)/t17-/m1/s1. The second kappa shape index (κ2) is 9.10. The van der Waals surface area contributed by atoms with Crippen molar-refractivity contribution in [3.63, 3.8) is 0 Å². The lowest BCUT2D eigenvalue weighted by Gasteiger charge is -2.40. The van der Waals surface area contributed by atoms with Crippen LogP contribution < -0.4 is 5.32 Å². The Labute approximate surface area is 182 Å². The summed E-state index contributed by atoms with van der Waals surface area (Å²) < 4.78 is 40.6. The van der Waals surface area contributed by atoms with Crippen molar-refractivity contribution in [1.29, 1.82) is 0 Å². The Morgan fingerprint density at radius 2 is 1.83 bits per heavy atom. The molecule has 3 aliphatic heterocycles. The first-order valence-electron chi connectivity index (χ1n) is 10.4. The molecule has 0 aliphatic carbocycles. The molecule has 0 unspecified atom stereocenters. The second-order valence-corrected chi connectivity index (χ2v) is 10.4. The zero-order chi connectivity index (χ0) is 21.2. The summed E-state index contributed by atoms with van der Waals surface area (Å²) in [6.07, 6.45) is 2.39. The minimum atomic E-state index is -3.62. The highest BCUT2D eigenvalue weighted by molar-refractivity contribution is 7.86. The molecule has 0 bridgehead atoms. The summed E-state index contributed by atoms with van der Waals surface area (Å²) >= 11 is 6.15. The van der Waals surface area contributed by atoms with Gasteiger partial charge in [-0.1, -0.05) is 29.8 Å². The van der Waals surface area contributed by atoms with Gasteiger partial charge in [-0.2, -0.15) is 17.0 Å². The molecule has 8 nitrogen and oxygen atoms in total. The molecular formula is C20H28ClN3O5S. The smallest absolute Gasteiger partial charge is 0.282 e. The third-order valence-electron chi connectivity index (χ3n) is 6.12. The average Bonchev–Trinajstić information content (AvgIpc) is 3.21. The predicted molar refractivity (Wildman–Crippen MR) is 112 cm³/mol. The fraction of sp³-hybridized carbons (Fsp3) is 0.650. The molecule has 3 heterocycles. The lowest BCUT2D eigenvalue weighted by molar-refractivity contribution is -0.179. The van der Waals surface area contributed by atoms with Gasteiger partial charge in [-0.15, -0.1) is 0 Å². The van der Waals surface area contributed by atoms with E-state index in [0.717, 1.165) is 5.56 Å². The summed E-state index contributed by atoms with van der Waals surface area (Å²) in [6, 6.07) is 7.35. The number of amides is 1. The Kier molecular flexibility index (Phi) is 6.67. The SMILES string of the molecule is O=C(NCc1ccccc1Cl)[C@@H]1CCCN(S(=O)(=O)N2CCC3(CC2)OCCO3)C1. The monoisotopic (exact) mass is 457 g/mol. The molecule has 3 aliphatic rings. The first kappa shape index (κ1) is 22.0. The highest BCUT2D eigenvalue weighted by atomic mass is 35.5. The summed E-state index contributed by atoms with van der Waals surface area (Å²) in [5.74, 6) is -1.12. The van der Waals surface area contributed by atoms with Crippen LogP contribution in [0.3, 0.4) is 0 Å². The van der Waals surface area contributed by atoms with Gasteiger partial charge in [0.25, 0.3) is 10.2 Å². The number of hydrogen-bond donors (Lipinski definition) is 1. The number of halogens is 1. The van der Waals surface area contributed by atoms with Crippen LogP contribution in [0.25, 0.3) is 0 Å². The number of benzene rings is 1. The Balaban J connectivity index is 1.33. The van der Waals surface area contributed by atoms with Crippen LogP contribution in [0.15, 0.2) is 24.3 Å². The van der Waals surface area contributed by atoms with Crippen molar-refractivity contribution in [1.82, 2.24) is 13.9 Å². The molecule has 4 rings (SSSR count). The molecule has 1 aromatic carbocycles. The topological polar surface area (TPSA) is 88.2 Å². The van der Waals surface area contributed by atoms with Gasteiger partial charge in [0.15, 0.2) is 5.79 Å². The van der Waals surface area contributed by atoms with Gasteiger partial charge in [-0.25, -0.2) is 0 Å². The summed E-state index contributed by atoms with van der Waals surface area (Å²) in [5.41, 5.74) is 0.839. The van der Waals surface area contributed by atoms with E-state index >= 15 is 0 Å². The third-order valence-corrected chi connectivity index (χ3v) is 8.49. The molecule has 0 saturated carbocycles. The van der Waals surface area contributed by atoms with E-state index in [4.69, 9.17) is 21.1 Å². The van der Waals surface area contributed by atoms with Crippen molar-refractivity contribution >= 4 is 27.7 Å². The van der Waals surface area contributed by atoms with Crippen molar-refractivity contribution in [3.8, 4) is 0 Å². The molecule has 0 radical (unpaired) electrons. The van der Waals surface area contributed by atoms with Gasteiger partial charge in [0.05, 0.1) is 19.1 Å². The fourth-order valence-corrected chi connectivity index (χ4v) is 6.24. The van der Waals surface area contributed by atoms with Crippen molar-refractivity contribution in [2.45, 2.75) is 38.0 Å². The normalized spacial score (nSPS) is 25.4. The zero-order valence-corrected chi connectivity index (χ0v) is 18.5. The molecule has 10 heteroatoms. The minimum absolute atomic E-state index is 0.139. The highest BCUT2D eigenvalue weighted by Crippen LogP contribution is 2.33. The molecule has 1 atom stereocenters. The van der Waals surface area contributed by atoms with Gasteiger partial charge in [-0.3, -0.25) is 4.79 Å². The molecule has 30 heavy (non-hydrogen) atoms. The van der Waals surface area contributed by atoms with E-state index in [0.29, 0.717) is 70.1 Å². The Hall–Kier alpha value is -1.23. The lowest BCUT2D eigenvalue weighted by Crippen LogP contribution is -2.54. The number of carbonyl (C=O) groups excluding carboxylic acids is 1. The molecule has 0 aromatic heterocycles. The van der Waals surface area contributed by atoms with Crippen LogP contribution >= 0.6 is 11.6 Å². The van der Waals surface area contributed by atoms with Gasteiger partial charge in [0.1, 0.15) is 0 Å². The number of piperidine rings is 2. The highest BCUT2D eigenvalue weighted by Gasteiger charge is 2.44. The molecule has 3 fully saturated rings. The molecule has 166 valence electrons. The van der Waals surface area contributed by atoms with Crippen molar-refractivity contribution < 1.29 is 22.7 Å². The minimum Gasteiger partial charge on any atom is -0.352 e. The Bertz CT molecular complexity index is 865. The maximum atomic E-state index is 13.2. The zero-order valence-electron chi connectivity index (χ0n) is 16.9. The lowest BCUT2D eigenvalue weighted by atomic mass is 9.99. The van der Waals surface area contributed by atoms with Crippen molar-refractivity contribution in [2.24, 2.45) is 5.92 Å². The number of carbonyl (C=O) groups is 1. The van der Waals surface area contributed by atoms with E-state index in [9.17, 15) is 13.2 Å². The second-order valence-electron chi connectivity index (χ2n) is 8.02. The molecule has 1 N–H and O–H groups in total. The van der Waals surface area contributed by atoms with Gasteiger partial charge in [0.2, 0.25) is 5.91 Å². The van der Waals surface area contributed by atoms with E-state index in [1.807, 2.05) is 18.2 Å². The fourth-order valence-electron chi connectivity index (χ4n) is 4.34. The largest absolute Gasteiger partial charge is 0.352 e. The van der Waals surface area contributed by atoms with Crippen LogP contribution in [0.4, 0.5) is 0 Å². The number of hydrogen-bond acceptors (Lipinski definition) is 5.